The molecule has 0 saturated carbocycles. The molecule has 2 aromatic heterocycles. The lowest BCUT2D eigenvalue weighted by Crippen LogP contribution is -2.38. The predicted octanol–water partition coefficient (Wildman–Crippen LogP) is 5.38. The minimum Gasteiger partial charge on any atom is -0.487 e. The van der Waals surface area contributed by atoms with Crippen molar-refractivity contribution in [1.82, 2.24) is 20.6 Å². The van der Waals surface area contributed by atoms with Crippen LogP contribution in [0.3, 0.4) is 0 Å². The molecule has 0 spiro atoms. The molecule has 0 fully saturated rings. The maximum atomic E-state index is 13.0. The minimum atomic E-state index is -0.417. The lowest BCUT2D eigenvalue weighted by atomic mass is 10.0. The Morgan fingerprint density at radius 1 is 0.977 bits per heavy atom. The van der Waals surface area contributed by atoms with Gasteiger partial charge in [-0.05, 0) is 98.8 Å². The topological polar surface area (TPSA) is 126 Å². The van der Waals surface area contributed by atoms with Crippen LogP contribution in [-0.4, -0.2) is 48.0 Å². The van der Waals surface area contributed by atoms with Gasteiger partial charge in [-0.2, -0.15) is 0 Å². The fourth-order valence-corrected chi connectivity index (χ4v) is 4.83. The van der Waals surface area contributed by atoms with Crippen molar-refractivity contribution in [2.45, 2.75) is 41.2 Å². The van der Waals surface area contributed by atoms with Crippen molar-refractivity contribution in [2.75, 3.05) is 30.4 Å². The maximum Gasteiger partial charge on any atom is 0.320 e. The molecule has 4 rings (SSSR count). The summed E-state index contributed by atoms with van der Waals surface area (Å²) >= 11 is 0. The van der Waals surface area contributed by atoms with Gasteiger partial charge in [0.15, 0.2) is 0 Å². The number of nitrogens with zero attached hydrogens (tertiary/aromatic N) is 3. The highest BCUT2D eigenvalue weighted by molar-refractivity contribution is 5.99. The Balaban J connectivity index is 1.37. The number of amides is 4. The summed E-state index contributed by atoms with van der Waals surface area (Å²) in [6.07, 6.45) is 4.44. The van der Waals surface area contributed by atoms with Gasteiger partial charge in [-0.15, -0.1) is 0 Å². The molecule has 4 aromatic rings. The highest BCUT2D eigenvalue weighted by Gasteiger charge is 2.17. The van der Waals surface area contributed by atoms with Crippen molar-refractivity contribution in [3.8, 4) is 5.75 Å². The number of aryl methyl sites for hydroxylation is 3. The Labute approximate surface area is 257 Å². The number of ether oxygens (including phenoxy) is 1. The molecular formula is C34H38N6O4. The lowest BCUT2D eigenvalue weighted by Gasteiger charge is -2.23. The third-order valence-electron chi connectivity index (χ3n) is 7.26. The zero-order chi connectivity index (χ0) is 31.8. The SMILES string of the molecule is CCNC(=O)Nc1ccc(/C=C/C(=O)NCC(=O)N(C)c2ccc(C)c(COc3cccc4c(C)cc(C)nc34)c2C)cn1. The van der Waals surface area contributed by atoms with Gasteiger partial charge in [0.05, 0.1) is 6.54 Å². The van der Waals surface area contributed by atoms with Crippen LogP contribution < -0.4 is 25.6 Å². The van der Waals surface area contributed by atoms with E-state index in [9.17, 15) is 14.4 Å². The largest absolute Gasteiger partial charge is 0.487 e. The third-order valence-corrected chi connectivity index (χ3v) is 7.26. The first-order valence-electron chi connectivity index (χ1n) is 14.4. The van der Waals surface area contributed by atoms with Crippen molar-refractivity contribution in [3.63, 3.8) is 0 Å². The average molecular weight is 595 g/mol. The number of nitrogens with one attached hydrogen (secondary N) is 3. The molecule has 3 N–H and O–H groups in total. The summed E-state index contributed by atoms with van der Waals surface area (Å²) < 4.78 is 6.29. The van der Waals surface area contributed by atoms with E-state index in [0.29, 0.717) is 30.3 Å². The van der Waals surface area contributed by atoms with Gasteiger partial charge in [0, 0.05) is 42.6 Å². The van der Waals surface area contributed by atoms with Crippen LogP contribution >= 0.6 is 0 Å². The minimum absolute atomic E-state index is 0.174. The number of carbonyl (C=O) groups excluding carboxylic acids is 3. The maximum absolute atomic E-state index is 13.0. The molecule has 4 amide bonds. The number of pyridine rings is 2. The van der Waals surface area contributed by atoms with Crippen LogP contribution in [0.25, 0.3) is 17.0 Å². The van der Waals surface area contributed by atoms with Crippen LogP contribution in [0.5, 0.6) is 5.75 Å². The first kappa shape index (κ1) is 31.7. The molecule has 0 bridgehead atoms. The summed E-state index contributed by atoms with van der Waals surface area (Å²) in [6.45, 7) is 10.5. The second kappa shape index (κ2) is 14.3. The summed E-state index contributed by atoms with van der Waals surface area (Å²) in [6, 6.07) is 14.9. The van der Waals surface area contributed by atoms with Crippen molar-refractivity contribution in [2.24, 2.45) is 0 Å². The van der Waals surface area contributed by atoms with E-state index in [-0.39, 0.29) is 18.5 Å². The Morgan fingerprint density at radius 2 is 1.77 bits per heavy atom. The summed E-state index contributed by atoms with van der Waals surface area (Å²) in [5, 5.41) is 8.93. The number of benzene rings is 2. The zero-order valence-electron chi connectivity index (χ0n) is 25.9. The standard InChI is InChI=1S/C34H38N6O4/c1-7-35-34(43)39-30-15-12-25(18-36-30)13-16-31(41)37-19-32(42)40(6)28-14-11-21(2)27(24(28)5)20-44-29-10-8-9-26-22(3)17-23(4)38-33(26)29/h8-18H,7,19-20H2,1-6H3,(H,37,41)(H2,35,36,39,43)/b16-13+. The number of hydrogen-bond acceptors (Lipinski definition) is 6. The van der Waals surface area contributed by atoms with Crippen molar-refractivity contribution in [1.29, 1.82) is 0 Å². The van der Waals surface area contributed by atoms with E-state index >= 15 is 0 Å². The molecule has 2 aromatic carbocycles. The summed E-state index contributed by atoms with van der Waals surface area (Å²) in [5.41, 5.74) is 7.26. The highest BCUT2D eigenvalue weighted by Crippen LogP contribution is 2.30. The van der Waals surface area contributed by atoms with Gasteiger partial charge < -0.3 is 20.3 Å². The van der Waals surface area contributed by atoms with E-state index in [0.717, 1.165) is 44.5 Å². The van der Waals surface area contributed by atoms with E-state index in [2.05, 4.69) is 33.9 Å². The lowest BCUT2D eigenvalue weighted by molar-refractivity contribution is -0.122. The van der Waals surface area contributed by atoms with Gasteiger partial charge in [-0.25, -0.2) is 14.8 Å². The Kier molecular flexibility index (Phi) is 10.3. The number of likely N-dealkylation sites (N-methyl/N-ethyl adjacent to an activating group) is 1. The molecular weight excluding hydrogens is 556 g/mol. The van der Waals surface area contributed by atoms with Crippen LogP contribution in [0.4, 0.5) is 16.3 Å². The normalized spacial score (nSPS) is 11.0. The number of fused-ring (bicyclic) bond motifs is 1. The molecule has 0 radical (unpaired) electrons. The van der Waals surface area contributed by atoms with Gasteiger partial charge in [-0.3, -0.25) is 14.9 Å². The Hall–Kier alpha value is -5.25. The number of hydrogen-bond donors (Lipinski definition) is 3. The summed E-state index contributed by atoms with van der Waals surface area (Å²) in [5.74, 6) is 0.418. The molecule has 10 heteroatoms. The van der Waals surface area contributed by atoms with Gasteiger partial charge in [0.1, 0.15) is 23.7 Å². The second-order valence-electron chi connectivity index (χ2n) is 10.5. The zero-order valence-corrected chi connectivity index (χ0v) is 25.9. The van der Waals surface area contributed by atoms with Crippen molar-refractivity contribution in [3.05, 3.63) is 94.3 Å². The Morgan fingerprint density at radius 3 is 2.50 bits per heavy atom. The predicted molar refractivity (Wildman–Crippen MR) is 174 cm³/mol. The summed E-state index contributed by atoms with van der Waals surface area (Å²) in [7, 11) is 1.69. The van der Waals surface area contributed by atoms with Crippen LogP contribution in [0.15, 0.2) is 60.8 Å². The van der Waals surface area contributed by atoms with Crippen molar-refractivity contribution < 1.29 is 19.1 Å². The van der Waals surface area contributed by atoms with E-state index in [1.54, 1.807) is 30.2 Å². The fourth-order valence-electron chi connectivity index (χ4n) is 4.83. The van der Waals surface area contributed by atoms with Crippen LogP contribution in [0.2, 0.25) is 0 Å². The summed E-state index contributed by atoms with van der Waals surface area (Å²) in [4.78, 5) is 47.4. The van der Waals surface area contributed by atoms with E-state index in [1.807, 2.05) is 58.0 Å². The molecule has 10 nitrogen and oxygen atoms in total. The number of para-hydroxylation sites is 1. The van der Waals surface area contributed by atoms with Crippen LogP contribution in [0, 0.1) is 27.7 Å². The number of aromatic nitrogens is 2. The second-order valence-corrected chi connectivity index (χ2v) is 10.5. The van der Waals surface area contributed by atoms with E-state index < -0.39 is 5.91 Å². The highest BCUT2D eigenvalue weighted by atomic mass is 16.5. The first-order valence-corrected chi connectivity index (χ1v) is 14.4. The molecule has 0 unspecified atom stereocenters. The number of rotatable bonds is 10. The average Bonchev–Trinajstić information content (AvgIpc) is 2.99. The smallest absolute Gasteiger partial charge is 0.320 e. The number of carbonyl (C=O) groups is 3. The van der Waals surface area contributed by atoms with Gasteiger partial charge in [-0.1, -0.05) is 18.2 Å². The van der Waals surface area contributed by atoms with Crippen LogP contribution in [0.1, 0.15) is 40.4 Å². The van der Waals surface area contributed by atoms with Gasteiger partial charge >= 0.3 is 6.03 Å². The van der Waals surface area contributed by atoms with Gasteiger partial charge in [0.25, 0.3) is 0 Å². The molecule has 0 aliphatic carbocycles. The molecule has 0 atom stereocenters. The van der Waals surface area contributed by atoms with Crippen LogP contribution in [-0.2, 0) is 16.2 Å². The van der Waals surface area contributed by atoms with E-state index in [4.69, 9.17) is 9.72 Å². The first-order chi connectivity index (χ1) is 21.1. The van der Waals surface area contributed by atoms with E-state index in [1.165, 1.54) is 12.3 Å². The monoisotopic (exact) mass is 594 g/mol. The molecule has 0 aliphatic rings. The third kappa shape index (κ3) is 7.77. The molecule has 228 valence electrons. The number of anilines is 2. The molecule has 0 saturated heterocycles. The Bertz CT molecular complexity index is 1720. The number of urea groups is 1. The van der Waals surface area contributed by atoms with Crippen molar-refractivity contribution >= 4 is 46.3 Å². The molecule has 0 aliphatic heterocycles. The fraction of sp³-hybridized carbons (Fsp3) is 0.265. The molecule has 44 heavy (non-hydrogen) atoms. The quantitative estimate of drug-likeness (QED) is 0.212. The van der Waals surface area contributed by atoms with Gasteiger partial charge in [0.2, 0.25) is 11.8 Å². The molecule has 2 heterocycles.